The molecule has 128 valence electrons. The van der Waals surface area contributed by atoms with E-state index in [-0.39, 0.29) is 5.91 Å². The van der Waals surface area contributed by atoms with Gasteiger partial charge in [0.2, 0.25) is 0 Å². The van der Waals surface area contributed by atoms with Crippen molar-refractivity contribution >= 4 is 5.91 Å². The van der Waals surface area contributed by atoms with Gasteiger partial charge in [-0.2, -0.15) is 5.10 Å². The molecule has 1 aromatic heterocycles. The lowest BCUT2D eigenvalue weighted by atomic mass is 9.99. The highest BCUT2D eigenvalue weighted by Crippen LogP contribution is 2.31. The molecule has 0 radical (unpaired) electrons. The number of rotatable bonds is 3. The lowest BCUT2D eigenvalue weighted by molar-refractivity contribution is 0.0690. The zero-order chi connectivity index (χ0) is 17.3. The van der Waals surface area contributed by atoms with Crippen molar-refractivity contribution in [1.29, 1.82) is 0 Å². The first-order chi connectivity index (χ1) is 11.5. The van der Waals surface area contributed by atoms with Gasteiger partial charge in [0.25, 0.3) is 5.91 Å². The monoisotopic (exact) mass is 327 g/mol. The standard InChI is InChI=1S/C19H25N3O2/c1-13-7-9-22(10-8-13)19(23)16-12-17(21(3)20-16)15-11-14(2)5-6-18(15)24-4/h5-6,11-13H,7-10H2,1-4H3. The molecule has 0 spiro atoms. The summed E-state index contributed by atoms with van der Waals surface area (Å²) in [7, 11) is 3.53. The number of carbonyl (C=O) groups excluding carboxylic acids is 1. The van der Waals surface area contributed by atoms with E-state index in [0.717, 1.165) is 48.5 Å². The summed E-state index contributed by atoms with van der Waals surface area (Å²) in [6, 6.07) is 7.90. The Morgan fingerprint density at radius 2 is 1.96 bits per heavy atom. The molecule has 5 nitrogen and oxygen atoms in total. The molecule has 3 rings (SSSR count). The summed E-state index contributed by atoms with van der Waals surface area (Å²) in [6.07, 6.45) is 2.13. The maximum Gasteiger partial charge on any atom is 0.274 e. The Labute approximate surface area is 143 Å². The molecule has 1 amide bonds. The second kappa shape index (κ2) is 6.67. The Bertz CT molecular complexity index is 743. The van der Waals surface area contributed by atoms with E-state index in [1.165, 1.54) is 0 Å². The second-order valence-corrected chi connectivity index (χ2v) is 6.72. The number of piperidine rings is 1. The van der Waals surface area contributed by atoms with Crippen molar-refractivity contribution in [3.63, 3.8) is 0 Å². The van der Waals surface area contributed by atoms with Crippen molar-refractivity contribution in [1.82, 2.24) is 14.7 Å². The lowest BCUT2D eigenvalue weighted by Crippen LogP contribution is -2.38. The molecule has 1 fully saturated rings. The van der Waals surface area contributed by atoms with Gasteiger partial charge in [0.1, 0.15) is 5.75 Å². The molecule has 0 atom stereocenters. The highest BCUT2D eigenvalue weighted by molar-refractivity contribution is 5.93. The lowest BCUT2D eigenvalue weighted by Gasteiger charge is -2.29. The second-order valence-electron chi connectivity index (χ2n) is 6.72. The summed E-state index contributed by atoms with van der Waals surface area (Å²) in [5.41, 5.74) is 3.50. The molecule has 2 aromatic rings. The van der Waals surface area contributed by atoms with Gasteiger partial charge in [-0.3, -0.25) is 9.48 Å². The van der Waals surface area contributed by atoms with Crippen molar-refractivity contribution < 1.29 is 9.53 Å². The molecule has 24 heavy (non-hydrogen) atoms. The van der Waals surface area contributed by atoms with Gasteiger partial charge >= 0.3 is 0 Å². The largest absolute Gasteiger partial charge is 0.496 e. The van der Waals surface area contributed by atoms with E-state index < -0.39 is 0 Å². The summed E-state index contributed by atoms with van der Waals surface area (Å²) < 4.78 is 7.23. The van der Waals surface area contributed by atoms with Crippen LogP contribution in [0.15, 0.2) is 24.3 Å². The predicted molar refractivity (Wildman–Crippen MR) is 94.2 cm³/mol. The van der Waals surface area contributed by atoms with Gasteiger partial charge in [-0.15, -0.1) is 0 Å². The van der Waals surface area contributed by atoms with E-state index in [1.54, 1.807) is 11.8 Å². The molecule has 2 heterocycles. The number of aromatic nitrogens is 2. The van der Waals surface area contributed by atoms with Crippen LogP contribution in [0.1, 0.15) is 35.8 Å². The topological polar surface area (TPSA) is 47.4 Å². The van der Waals surface area contributed by atoms with E-state index >= 15 is 0 Å². The van der Waals surface area contributed by atoms with Crippen LogP contribution in [0.2, 0.25) is 0 Å². The minimum Gasteiger partial charge on any atom is -0.496 e. The van der Waals surface area contributed by atoms with Gasteiger partial charge in [0.05, 0.1) is 12.8 Å². The van der Waals surface area contributed by atoms with Crippen LogP contribution in [0.4, 0.5) is 0 Å². The predicted octanol–water partition coefficient (Wildman–Crippen LogP) is 3.28. The smallest absolute Gasteiger partial charge is 0.274 e. The molecule has 0 aliphatic carbocycles. The van der Waals surface area contributed by atoms with Crippen LogP contribution in [-0.4, -0.2) is 40.8 Å². The highest BCUT2D eigenvalue weighted by atomic mass is 16.5. The molecule has 5 heteroatoms. The number of hydrogen-bond donors (Lipinski definition) is 0. The maximum absolute atomic E-state index is 12.7. The fraction of sp³-hybridized carbons (Fsp3) is 0.474. The molecule has 0 unspecified atom stereocenters. The van der Waals surface area contributed by atoms with Crippen molar-refractivity contribution in [3.8, 4) is 17.0 Å². The van der Waals surface area contributed by atoms with Gasteiger partial charge in [-0.05, 0) is 43.9 Å². The Morgan fingerprint density at radius 1 is 1.25 bits per heavy atom. The first-order valence-corrected chi connectivity index (χ1v) is 8.48. The third-order valence-electron chi connectivity index (χ3n) is 4.80. The number of carbonyl (C=O) groups is 1. The third-order valence-corrected chi connectivity index (χ3v) is 4.80. The number of amides is 1. The number of benzene rings is 1. The van der Waals surface area contributed by atoms with Crippen molar-refractivity contribution in [2.45, 2.75) is 26.7 Å². The van der Waals surface area contributed by atoms with Crippen LogP contribution in [-0.2, 0) is 7.05 Å². The SMILES string of the molecule is COc1ccc(C)cc1-c1cc(C(=O)N2CCC(C)CC2)nn1C. The molecule has 1 aliphatic heterocycles. The Kier molecular flexibility index (Phi) is 4.60. The van der Waals surface area contributed by atoms with Gasteiger partial charge in [-0.25, -0.2) is 0 Å². The van der Waals surface area contributed by atoms with Gasteiger partial charge < -0.3 is 9.64 Å². The first-order valence-electron chi connectivity index (χ1n) is 8.48. The molecular formula is C19H25N3O2. The number of methoxy groups -OCH3 is 1. The van der Waals surface area contributed by atoms with Crippen LogP contribution in [0.3, 0.4) is 0 Å². The summed E-state index contributed by atoms with van der Waals surface area (Å²) in [5.74, 6) is 1.51. The summed E-state index contributed by atoms with van der Waals surface area (Å²) >= 11 is 0. The number of nitrogens with zero attached hydrogens (tertiary/aromatic N) is 3. The normalized spacial score (nSPS) is 15.6. The zero-order valence-corrected chi connectivity index (χ0v) is 14.9. The summed E-state index contributed by atoms with van der Waals surface area (Å²) in [5, 5.41) is 4.46. The van der Waals surface area contributed by atoms with Crippen LogP contribution >= 0.6 is 0 Å². The fourth-order valence-corrected chi connectivity index (χ4v) is 3.22. The molecular weight excluding hydrogens is 302 g/mol. The van der Waals surface area contributed by atoms with E-state index in [2.05, 4.69) is 18.1 Å². The number of hydrogen-bond acceptors (Lipinski definition) is 3. The van der Waals surface area contributed by atoms with E-state index in [1.807, 2.05) is 37.1 Å². The fourth-order valence-electron chi connectivity index (χ4n) is 3.22. The van der Waals surface area contributed by atoms with Crippen molar-refractivity contribution in [2.24, 2.45) is 13.0 Å². The summed E-state index contributed by atoms with van der Waals surface area (Å²) in [4.78, 5) is 14.7. The number of aryl methyl sites for hydroxylation is 2. The molecule has 1 aliphatic rings. The number of likely N-dealkylation sites (tertiary alicyclic amines) is 1. The molecule has 0 saturated carbocycles. The molecule has 0 bridgehead atoms. The molecule has 1 saturated heterocycles. The van der Waals surface area contributed by atoms with Crippen LogP contribution in [0, 0.1) is 12.8 Å². The van der Waals surface area contributed by atoms with Gasteiger partial charge in [-0.1, -0.05) is 18.6 Å². The maximum atomic E-state index is 12.7. The Morgan fingerprint density at radius 3 is 2.62 bits per heavy atom. The quantitative estimate of drug-likeness (QED) is 0.869. The van der Waals surface area contributed by atoms with Gasteiger partial charge in [0.15, 0.2) is 5.69 Å². The minimum atomic E-state index is 0.0235. The first kappa shape index (κ1) is 16.6. The van der Waals surface area contributed by atoms with Crippen molar-refractivity contribution in [2.75, 3.05) is 20.2 Å². The molecule has 1 aromatic carbocycles. The minimum absolute atomic E-state index is 0.0235. The van der Waals surface area contributed by atoms with Crippen molar-refractivity contribution in [3.05, 3.63) is 35.5 Å². The number of ether oxygens (including phenoxy) is 1. The van der Waals surface area contributed by atoms with Crippen LogP contribution in [0.5, 0.6) is 5.75 Å². The Balaban J connectivity index is 1.91. The van der Waals surface area contributed by atoms with Gasteiger partial charge in [0, 0.05) is 25.7 Å². The molecule has 0 N–H and O–H groups in total. The zero-order valence-electron chi connectivity index (χ0n) is 14.9. The van der Waals surface area contributed by atoms with E-state index in [0.29, 0.717) is 11.6 Å². The highest BCUT2D eigenvalue weighted by Gasteiger charge is 2.24. The average molecular weight is 327 g/mol. The van der Waals surface area contributed by atoms with E-state index in [4.69, 9.17) is 4.74 Å². The summed E-state index contributed by atoms with van der Waals surface area (Å²) in [6.45, 7) is 5.92. The third kappa shape index (κ3) is 3.16. The van der Waals surface area contributed by atoms with E-state index in [9.17, 15) is 4.79 Å². The Hall–Kier alpha value is -2.30. The average Bonchev–Trinajstić information content (AvgIpc) is 2.96. The van der Waals surface area contributed by atoms with Crippen LogP contribution < -0.4 is 4.74 Å². The van der Waals surface area contributed by atoms with Crippen LogP contribution in [0.25, 0.3) is 11.3 Å².